The van der Waals surface area contributed by atoms with Crippen molar-refractivity contribution in [2.24, 2.45) is 5.92 Å². The summed E-state index contributed by atoms with van der Waals surface area (Å²) in [5, 5.41) is 14.6. The van der Waals surface area contributed by atoms with Crippen LogP contribution in [0.1, 0.15) is 44.4 Å². The van der Waals surface area contributed by atoms with Crippen LogP contribution in [-0.4, -0.2) is 10.8 Å². The molecule has 5 nitrogen and oxygen atoms in total. The Balaban J connectivity index is 0.00000176. The molecule has 144 valence electrons. The van der Waals surface area contributed by atoms with Crippen LogP contribution < -0.4 is 5.32 Å². The maximum absolute atomic E-state index is 12.2. The number of nitro benzene ring substituents is 1. The molecule has 2 aromatic carbocycles. The van der Waals surface area contributed by atoms with E-state index >= 15 is 0 Å². The van der Waals surface area contributed by atoms with Gasteiger partial charge in [-0.05, 0) is 24.1 Å². The summed E-state index contributed by atoms with van der Waals surface area (Å²) >= 11 is 6.24. The van der Waals surface area contributed by atoms with Gasteiger partial charge in [0.25, 0.3) is 5.69 Å². The van der Waals surface area contributed by atoms with E-state index < -0.39 is 4.92 Å². The number of hydrogen-bond donors (Lipinski definition) is 1. The second kappa shape index (κ2) is 9.88. The third kappa shape index (κ3) is 5.41. The number of hydrogen-bond acceptors (Lipinski definition) is 3. The summed E-state index contributed by atoms with van der Waals surface area (Å²) in [6, 6.07) is 9.95. The lowest BCUT2D eigenvalue weighted by molar-refractivity contribution is -0.384. The number of nitro groups is 1. The topological polar surface area (TPSA) is 72.2 Å². The fourth-order valence-corrected chi connectivity index (χ4v) is 2.65. The van der Waals surface area contributed by atoms with Crippen LogP contribution in [-0.2, 0) is 4.79 Å². The van der Waals surface area contributed by atoms with Crippen molar-refractivity contribution < 1.29 is 9.72 Å². The predicted molar refractivity (Wildman–Crippen MR) is 112 cm³/mol. The first kappa shape index (κ1) is 22.4. The molecule has 0 saturated heterocycles. The van der Waals surface area contributed by atoms with Crippen molar-refractivity contribution in [1.82, 2.24) is 0 Å². The Labute approximate surface area is 165 Å². The first-order chi connectivity index (χ1) is 12.7. The largest absolute Gasteiger partial charge is 0.325 e. The lowest BCUT2D eigenvalue weighted by Crippen LogP contribution is -2.19. The molecule has 0 aliphatic carbocycles. The fraction of sp³-hybridized carbons (Fsp3) is 0.286. The third-order valence-electron chi connectivity index (χ3n) is 3.83. The molecule has 0 aromatic heterocycles. The van der Waals surface area contributed by atoms with Crippen LogP contribution in [0.3, 0.4) is 0 Å². The second-order valence-corrected chi connectivity index (χ2v) is 6.45. The third-order valence-corrected chi connectivity index (χ3v) is 4.16. The number of benzene rings is 2. The van der Waals surface area contributed by atoms with Gasteiger partial charge in [0.1, 0.15) is 0 Å². The summed E-state index contributed by atoms with van der Waals surface area (Å²) in [6.07, 6.45) is 0. The van der Waals surface area contributed by atoms with Crippen molar-refractivity contribution in [2.75, 3.05) is 5.32 Å². The number of anilines is 1. The van der Waals surface area contributed by atoms with Gasteiger partial charge in [-0.2, -0.15) is 0 Å². The van der Waals surface area contributed by atoms with Crippen LogP contribution in [0, 0.1) is 23.0 Å². The van der Waals surface area contributed by atoms with Crippen LogP contribution in [0.15, 0.2) is 43.0 Å². The van der Waals surface area contributed by atoms with Crippen LogP contribution in [0.2, 0.25) is 5.02 Å². The monoisotopic (exact) mass is 388 g/mol. The van der Waals surface area contributed by atoms with E-state index in [2.05, 4.69) is 11.9 Å². The highest BCUT2D eigenvalue weighted by Crippen LogP contribution is 2.36. The number of rotatable bonds is 5. The number of aryl methyl sites for hydroxylation is 1. The van der Waals surface area contributed by atoms with Crippen molar-refractivity contribution in [2.45, 2.75) is 34.6 Å². The Morgan fingerprint density at radius 1 is 1.19 bits per heavy atom. The van der Waals surface area contributed by atoms with Crippen molar-refractivity contribution in [3.63, 3.8) is 0 Å². The standard InChI is InChI=1S/C19H19ClN2O3.C2H6/c1-11(2)19(23)21-18-12(3)9-14(22(24)25)10-16(18)13(4)15-7-5-6-8-17(15)20;1-2/h5-11H,4H2,1-3H3,(H,21,23);1-2H3. The molecular weight excluding hydrogens is 364 g/mol. The molecule has 0 aliphatic heterocycles. The molecule has 0 saturated carbocycles. The maximum Gasteiger partial charge on any atom is 0.270 e. The van der Waals surface area contributed by atoms with Crippen molar-refractivity contribution in [1.29, 1.82) is 0 Å². The average molecular weight is 389 g/mol. The van der Waals surface area contributed by atoms with Gasteiger partial charge in [0.2, 0.25) is 5.91 Å². The molecule has 2 rings (SSSR count). The molecule has 2 aromatic rings. The van der Waals surface area contributed by atoms with Crippen molar-refractivity contribution >= 4 is 34.5 Å². The molecular formula is C21H25ClN2O3. The highest BCUT2D eigenvalue weighted by atomic mass is 35.5. The Morgan fingerprint density at radius 3 is 2.30 bits per heavy atom. The van der Waals surface area contributed by atoms with E-state index in [1.54, 1.807) is 39.0 Å². The summed E-state index contributed by atoms with van der Waals surface area (Å²) in [6.45, 7) is 13.3. The summed E-state index contributed by atoms with van der Waals surface area (Å²) in [5.74, 6) is -0.402. The first-order valence-electron chi connectivity index (χ1n) is 8.76. The molecule has 0 heterocycles. The number of carbonyl (C=O) groups is 1. The number of non-ortho nitro benzene ring substituents is 1. The smallest absolute Gasteiger partial charge is 0.270 e. The van der Waals surface area contributed by atoms with E-state index in [1.807, 2.05) is 19.9 Å². The van der Waals surface area contributed by atoms with Gasteiger partial charge in [0, 0.05) is 34.2 Å². The molecule has 0 atom stereocenters. The Bertz CT molecular complexity index is 861. The first-order valence-corrected chi connectivity index (χ1v) is 9.14. The molecule has 0 fully saturated rings. The highest BCUT2D eigenvalue weighted by Gasteiger charge is 2.20. The average Bonchev–Trinajstić information content (AvgIpc) is 2.64. The van der Waals surface area contributed by atoms with Gasteiger partial charge in [-0.1, -0.05) is 64.1 Å². The minimum atomic E-state index is -0.468. The Hall–Kier alpha value is -2.66. The van der Waals surface area contributed by atoms with Crippen molar-refractivity contribution in [3.8, 4) is 0 Å². The number of amides is 1. The van der Waals surface area contributed by atoms with E-state index in [4.69, 9.17) is 11.6 Å². The fourth-order valence-electron chi connectivity index (χ4n) is 2.40. The molecule has 0 bridgehead atoms. The van der Waals surface area contributed by atoms with Crippen LogP contribution in [0.5, 0.6) is 0 Å². The van der Waals surface area contributed by atoms with Gasteiger partial charge in [0.15, 0.2) is 0 Å². The van der Waals surface area contributed by atoms with E-state index in [0.29, 0.717) is 33.0 Å². The zero-order valence-corrected chi connectivity index (χ0v) is 17.1. The minimum Gasteiger partial charge on any atom is -0.325 e. The molecule has 6 heteroatoms. The van der Waals surface area contributed by atoms with E-state index in [1.165, 1.54) is 12.1 Å². The number of carbonyl (C=O) groups excluding carboxylic acids is 1. The predicted octanol–water partition coefficient (Wildman–Crippen LogP) is 6.24. The Morgan fingerprint density at radius 2 is 1.78 bits per heavy atom. The zero-order valence-electron chi connectivity index (χ0n) is 16.3. The second-order valence-electron chi connectivity index (χ2n) is 6.04. The molecule has 0 radical (unpaired) electrons. The minimum absolute atomic E-state index is 0.0664. The molecule has 1 amide bonds. The van der Waals surface area contributed by atoms with E-state index in [0.717, 1.165) is 0 Å². The normalized spacial score (nSPS) is 10.0. The molecule has 1 N–H and O–H groups in total. The quantitative estimate of drug-likeness (QED) is 0.486. The highest BCUT2D eigenvalue weighted by molar-refractivity contribution is 6.32. The lowest BCUT2D eigenvalue weighted by Gasteiger charge is -2.17. The van der Waals surface area contributed by atoms with Crippen LogP contribution in [0.4, 0.5) is 11.4 Å². The van der Waals surface area contributed by atoms with Gasteiger partial charge in [-0.3, -0.25) is 14.9 Å². The summed E-state index contributed by atoms with van der Waals surface area (Å²) in [4.78, 5) is 22.9. The molecule has 27 heavy (non-hydrogen) atoms. The van der Waals surface area contributed by atoms with Gasteiger partial charge in [0.05, 0.1) is 10.6 Å². The molecule has 0 unspecified atom stereocenters. The van der Waals surface area contributed by atoms with Crippen molar-refractivity contribution in [3.05, 3.63) is 74.8 Å². The zero-order chi connectivity index (χ0) is 20.7. The number of nitrogens with zero attached hydrogens (tertiary/aromatic N) is 1. The van der Waals surface area contributed by atoms with Gasteiger partial charge in [-0.25, -0.2) is 0 Å². The SMILES string of the molecule is C=C(c1ccccc1Cl)c1cc([N+](=O)[O-])cc(C)c1NC(=O)C(C)C.CC. The maximum atomic E-state index is 12.2. The lowest BCUT2D eigenvalue weighted by atomic mass is 9.95. The van der Waals surface area contributed by atoms with Crippen LogP contribution in [0.25, 0.3) is 5.57 Å². The Kier molecular flexibility index (Phi) is 8.19. The molecule has 0 spiro atoms. The summed E-state index contributed by atoms with van der Waals surface area (Å²) in [5.41, 5.74) is 2.68. The van der Waals surface area contributed by atoms with Gasteiger partial charge < -0.3 is 5.32 Å². The number of halogens is 1. The summed E-state index contributed by atoms with van der Waals surface area (Å²) < 4.78 is 0. The molecule has 0 aliphatic rings. The van der Waals surface area contributed by atoms with E-state index in [-0.39, 0.29) is 17.5 Å². The van der Waals surface area contributed by atoms with Gasteiger partial charge >= 0.3 is 0 Å². The van der Waals surface area contributed by atoms with Gasteiger partial charge in [-0.15, -0.1) is 0 Å². The number of nitrogens with one attached hydrogen (secondary N) is 1. The van der Waals surface area contributed by atoms with Crippen LogP contribution >= 0.6 is 11.6 Å². The van der Waals surface area contributed by atoms with E-state index in [9.17, 15) is 14.9 Å². The summed E-state index contributed by atoms with van der Waals surface area (Å²) in [7, 11) is 0.